The molecule has 2 rings (SSSR count). The van der Waals surface area contributed by atoms with Gasteiger partial charge in [-0.15, -0.1) is 0 Å². The minimum atomic E-state index is 0.677. The molecule has 0 aromatic heterocycles. The Morgan fingerprint density at radius 1 is 1.00 bits per heavy atom. The Balaban J connectivity index is 1.78. The molecule has 0 atom stereocenters. The van der Waals surface area contributed by atoms with Crippen LogP contribution in [0.1, 0.15) is 84.0 Å². The number of nitrogens with one attached hydrogen (secondary N) is 1. The van der Waals surface area contributed by atoms with Crippen LogP contribution in [0.15, 0.2) is 0 Å². The highest BCUT2D eigenvalue weighted by atomic mass is 14.9. The van der Waals surface area contributed by atoms with E-state index < -0.39 is 0 Å². The van der Waals surface area contributed by atoms with Gasteiger partial charge in [0.15, 0.2) is 0 Å². The van der Waals surface area contributed by atoms with Crippen LogP contribution < -0.4 is 5.32 Å². The topological polar surface area (TPSA) is 12.0 Å². The Labute approximate surface area is 114 Å². The molecule has 0 amide bonds. The normalized spacial score (nSPS) is 24.5. The SMILES string of the molecule is CCCNCC1(CCC2CCCC2)CCCCC1. The predicted octanol–water partition coefficient (Wildman–Crippen LogP) is 4.91. The average molecular weight is 251 g/mol. The van der Waals surface area contributed by atoms with Crippen molar-refractivity contribution < 1.29 is 0 Å². The Hall–Kier alpha value is -0.0400. The van der Waals surface area contributed by atoms with Crippen LogP contribution in [0.2, 0.25) is 0 Å². The van der Waals surface area contributed by atoms with E-state index in [0.29, 0.717) is 5.41 Å². The third-order valence-corrected chi connectivity index (χ3v) is 5.40. The van der Waals surface area contributed by atoms with Crippen LogP contribution in [0.5, 0.6) is 0 Å². The molecule has 2 aliphatic carbocycles. The minimum absolute atomic E-state index is 0.677. The molecule has 2 fully saturated rings. The van der Waals surface area contributed by atoms with Gasteiger partial charge in [-0.25, -0.2) is 0 Å². The van der Waals surface area contributed by atoms with Gasteiger partial charge in [0.25, 0.3) is 0 Å². The van der Waals surface area contributed by atoms with E-state index in [1.54, 1.807) is 0 Å². The van der Waals surface area contributed by atoms with Gasteiger partial charge in [-0.3, -0.25) is 0 Å². The molecule has 0 spiro atoms. The zero-order chi connectivity index (χ0) is 12.7. The summed E-state index contributed by atoms with van der Waals surface area (Å²) in [5.41, 5.74) is 0.677. The van der Waals surface area contributed by atoms with Crippen molar-refractivity contribution in [1.82, 2.24) is 5.32 Å². The summed E-state index contributed by atoms with van der Waals surface area (Å²) in [7, 11) is 0. The molecular formula is C17H33N. The second kappa shape index (κ2) is 7.53. The maximum absolute atomic E-state index is 3.72. The first kappa shape index (κ1) is 14.4. The van der Waals surface area contributed by atoms with Gasteiger partial charge < -0.3 is 5.32 Å². The van der Waals surface area contributed by atoms with Crippen molar-refractivity contribution in [2.75, 3.05) is 13.1 Å². The summed E-state index contributed by atoms with van der Waals surface area (Å²) in [6.07, 6.45) is 17.8. The molecule has 2 saturated carbocycles. The molecule has 0 unspecified atom stereocenters. The van der Waals surface area contributed by atoms with Gasteiger partial charge in [0.2, 0.25) is 0 Å². The monoisotopic (exact) mass is 251 g/mol. The number of rotatable bonds is 7. The first-order valence-electron chi connectivity index (χ1n) is 8.55. The lowest BCUT2D eigenvalue weighted by molar-refractivity contribution is 0.153. The third-order valence-electron chi connectivity index (χ3n) is 5.40. The smallest absolute Gasteiger partial charge is 0.000780 e. The van der Waals surface area contributed by atoms with Crippen LogP contribution in [-0.4, -0.2) is 13.1 Å². The van der Waals surface area contributed by atoms with Gasteiger partial charge in [0.1, 0.15) is 0 Å². The fraction of sp³-hybridized carbons (Fsp3) is 1.00. The van der Waals surface area contributed by atoms with Crippen molar-refractivity contribution in [3.8, 4) is 0 Å². The number of hydrogen-bond acceptors (Lipinski definition) is 1. The van der Waals surface area contributed by atoms with Gasteiger partial charge in [-0.2, -0.15) is 0 Å². The summed E-state index contributed by atoms with van der Waals surface area (Å²) in [5, 5.41) is 3.72. The molecule has 1 N–H and O–H groups in total. The molecule has 1 heteroatoms. The first-order chi connectivity index (χ1) is 8.85. The average Bonchev–Trinajstić information content (AvgIpc) is 2.91. The highest BCUT2D eigenvalue weighted by Gasteiger charge is 2.32. The molecule has 1 nitrogen and oxygen atoms in total. The van der Waals surface area contributed by atoms with E-state index in [4.69, 9.17) is 0 Å². The van der Waals surface area contributed by atoms with E-state index in [1.807, 2.05) is 0 Å². The molecule has 0 aromatic carbocycles. The predicted molar refractivity (Wildman–Crippen MR) is 79.9 cm³/mol. The summed E-state index contributed by atoms with van der Waals surface area (Å²) < 4.78 is 0. The second-order valence-electron chi connectivity index (χ2n) is 6.93. The fourth-order valence-corrected chi connectivity index (χ4v) is 4.16. The molecule has 0 saturated heterocycles. The standard InChI is InChI=1S/C17H33N/c1-2-14-18-15-17(11-6-3-7-12-17)13-10-16-8-4-5-9-16/h16,18H,2-15H2,1H3. The minimum Gasteiger partial charge on any atom is -0.316 e. The van der Waals surface area contributed by atoms with Crippen molar-refractivity contribution in [2.24, 2.45) is 11.3 Å². The van der Waals surface area contributed by atoms with Crippen molar-refractivity contribution in [2.45, 2.75) is 84.0 Å². The van der Waals surface area contributed by atoms with Crippen LogP contribution in [0.4, 0.5) is 0 Å². The van der Waals surface area contributed by atoms with Crippen LogP contribution in [0, 0.1) is 11.3 Å². The highest BCUT2D eigenvalue weighted by molar-refractivity contribution is 4.86. The molecule has 0 radical (unpaired) electrons. The molecule has 106 valence electrons. The third kappa shape index (κ3) is 4.26. The molecule has 0 heterocycles. The Morgan fingerprint density at radius 3 is 2.39 bits per heavy atom. The lowest BCUT2D eigenvalue weighted by Crippen LogP contribution is -2.36. The van der Waals surface area contributed by atoms with E-state index in [0.717, 1.165) is 5.92 Å². The van der Waals surface area contributed by atoms with Crippen LogP contribution in [-0.2, 0) is 0 Å². The first-order valence-corrected chi connectivity index (χ1v) is 8.55. The van der Waals surface area contributed by atoms with E-state index in [2.05, 4.69) is 12.2 Å². The van der Waals surface area contributed by atoms with Crippen LogP contribution in [0.25, 0.3) is 0 Å². The van der Waals surface area contributed by atoms with Crippen molar-refractivity contribution in [3.05, 3.63) is 0 Å². The lowest BCUT2D eigenvalue weighted by Gasteiger charge is -2.38. The van der Waals surface area contributed by atoms with Crippen molar-refractivity contribution in [3.63, 3.8) is 0 Å². The Morgan fingerprint density at radius 2 is 1.72 bits per heavy atom. The fourth-order valence-electron chi connectivity index (χ4n) is 4.16. The van der Waals surface area contributed by atoms with E-state index >= 15 is 0 Å². The molecule has 0 aliphatic heterocycles. The van der Waals surface area contributed by atoms with Gasteiger partial charge in [0.05, 0.1) is 0 Å². The van der Waals surface area contributed by atoms with Gasteiger partial charge in [0, 0.05) is 6.54 Å². The van der Waals surface area contributed by atoms with Gasteiger partial charge in [-0.1, -0.05) is 51.9 Å². The second-order valence-corrected chi connectivity index (χ2v) is 6.93. The van der Waals surface area contributed by atoms with Crippen LogP contribution in [0.3, 0.4) is 0 Å². The molecule has 2 aliphatic rings. The molecule has 0 bridgehead atoms. The van der Waals surface area contributed by atoms with Crippen molar-refractivity contribution in [1.29, 1.82) is 0 Å². The largest absolute Gasteiger partial charge is 0.316 e. The quantitative estimate of drug-likeness (QED) is 0.634. The Kier molecular flexibility index (Phi) is 6.01. The van der Waals surface area contributed by atoms with Crippen LogP contribution >= 0.6 is 0 Å². The van der Waals surface area contributed by atoms with Gasteiger partial charge in [-0.05, 0) is 50.0 Å². The number of hydrogen-bond donors (Lipinski definition) is 1. The zero-order valence-electron chi connectivity index (χ0n) is 12.5. The Bertz CT molecular complexity index is 212. The molecule has 18 heavy (non-hydrogen) atoms. The van der Waals surface area contributed by atoms with E-state index in [-0.39, 0.29) is 0 Å². The maximum atomic E-state index is 3.72. The van der Waals surface area contributed by atoms with E-state index in [1.165, 1.54) is 90.1 Å². The van der Waals surface area contributed by atoms with Crippen molar-refractivity contribution >= 4 is 0 Å². The van der Waals surface area contributed by atoms with Gasteiger partial charge >= 0.3 is 0 Å². The summed E-state index contributed by atoms with van der Waals surface area (Å²) in [4.78, 5) is 0. The maximum Gasteiger partial charge on any atom is 0.000780 e. The summed E-state index contributed by atoms with van der Waals surface area (Å²) >= 11 is 0. The summed E-state index contributed by atoms with van der Waals surface area (Å²) in [6.45, 7) is 4.79. The lowest BCUT2D eigenvalue weighted by atomic mass is 9.70. The molecular weight excluding hydrogens is 218 g/mol. The summed E-state index contributed by atoms with van der Waals surface area (Å²) in [5.74, 6) is 1.08. The van der Waals surface area contributed by atoms with E-state index in [9.17, 15) is 0 Å². The zero-order valence-corrected chi connectivity index (χ0v) is 12.5. The molecule has 0 aromatic rings. The summed E-state index contributed by atoms with van der Waals surface area (Å²) in [6, 6.07) is 0. The highest BCUT2D eigenvalue weighted by Crippen LogP contribution is 2.42.